The van der Waals surface area contributed by atoms with Gasteiger partial charge in [-0.3, -0.25) is 4.79 Å². The van der Waals surface area contributed by atoms with Crippen molar-refractivity contribution in [1.82, 2.24) is 10.3 Å². The lowest BCUT2D eigenvalue weighted by Gasteiger charge is -2.11. The highest BCUT2D eigenvalue weighted by Gasteiger charge is 2.19. The highest BCUT2D eigenvalue weighted by Crippen LogP contribution is 2.18. The number of aryl methyl sites for hydroxylation is 2. The minimum Gasteiger partial charge on any atom is -0.362 e. The molecule has 82 valence electrons. The van der Waals surface area contributed by atoms with Crippen LogP contribution in [0.25, 0.3) is 0 Å². The average Bonchev–Trinajstić information content (AvgIpc) is 2.75. The fourth-order valence-corrected chi connectivity index (χ4v) is 2.29. The van der Waals surface area contributed by atoms with Crippen molar-refractivity contribution in [1.29, 1.82) is 0 Å². The molecule has 0 aromatic carbocycles. The smallest absolute Gasteiger partial charge is 0.253 e. The average molecular weight is 206 g/mol. The van der Waals surface area contributed by atoms with Crippen LogP contribution in [0.4, 0.5) is 0 Å². The summed E-state index contributed by atoms with van der Waals surface area (Å²) in [5.41, 5.74) is 2.80. The predicted octanol–water partition coefficient (Wildman–Crippen LogP) is 2.30. The predicted molar refractivity (Wildman–Crippen MR) is 60.0 cm³/mol. The van der Waals surface area contributed by atoms with Crippen LogP contribution >= 0.6 is 0 Å². The molecule has 15 heavy (non-hydrogen) atoms. The first-order valence-corrected chi connectivity index (χ1v) is 5.64. The number of carbonyl (C=O) groups excluding carboxylic acids is 1. The fraction of sp³-hybridized carbons (Fsp3) is 0.583. The van der Waals surface area contributed by atoms with Gasteiger partial charge < -0.3 is 10.3 Å². The molecular formula is C12H18N2O. The van der Waals surface area contributed by atoms with Gasteiger partial charge in [-0.1, -0.05) is 12.8 Å². The quantitative estimate of drug-likeness (QED) is 0.766. The molecule has 3 heteroatoms. The summed E-state index contributed by atoms with van der Waals surface area (Å²) in [6.45, 7) is 3.91. The van der Waals surface area contributed by atoms with Crippen LogP contribution in [-0.4, -0.2) is 16.9 Å². The Morgan fingerprint density at radius 3 is 2.60 bits per heavy atom. The van der Waals surface area contributed by atoms with Crippen molar-refractivity contribution in [3.63, 3.8) is 0 Å². The van der Waals surface area contributed by atoms with Gasteiger partial charge in [-0.05, 0) is 32.8 Å². The zero-order chi connectivity index (χ0) is 10.8. The number of aromatic nitrogens is 1. The zero-order valence-corrected chi connectivity index (χ0v) is 9.39. The summed E-state index contributed by atoms with van der Waals surface area (Å²) in [6, 6.07) is 2.31. The molecule has 1 aliphatic rings. The molecule has 1 heterocycles. The molecule has 3 nitrogen and oxygen atoms in total. The van der Waals surface area contributed by atoms with Crippen LogP contribution in [0, 0.1) is 13.8 Å². The zero-order valence-electron chi connectivity index (χ0n) is 9.39. The van der Waals surface area contributed by atoms with Crippen molar-refractivity contribution in [3.05, 3.63) is 23.0 Å². The maximum Gasteiger partial charge on any atom is 0.253 e. The van der Waals surface area contributed by atoms with Gasteiger partial charge in [0.05, 0.1) is 5.56 Å². The van der Waals surface area contributed by atoms with Crippen molar-refractivity contribution in [2.75, 3.05) is 0 Å². The Morgan fingerprint density at radius 1 is 1.40 bits per heavy atom. The van der Waals surface area contributed by atoms with Crippen LogP contribution in [0.1, 0.15) is 47.4 Å². The number of hydrogen-bond donors (Lipinski definition) is 2. The van der Waals surface area contributed by atoms with E-state index >= 15 is 0 Å². The van der Waals surface area contributed by atoms with Gasteiger partial charge in [-0.2, -0.15) is 0 Å². The van der Waals surface area contributed by atoms with Crippen LogP contribution in [0.15, 0.2) is 6.07 Å². The van der Waals surface area contributed by atoms with Crippen molar-refractivity contribution in [2.45, 2.75) is 45.6 Å². The second-order valence-corrected chi connectivity index (χ2v) is 4.45. The van der Waals surface area contributed by atoms with Gasteiger partial charge >= 0.3 is 0 Å². The maximum atomic E-state index is 11.9. The van der Waals surface area contributed by atoms with E-state index in [4.69, 9.17) is 0 Å². The molecule has 0 bridgehead atoms. The van der Waals surface area contributed by atoms with Gasteiger partial charge in [0.2, 0.25) is 0 Å². The third-order valence-electron chi connectivity index (χ3n) is 3.08. The van der Waals surface area contributed by atoms with E-state index in [1.807, 2.05) is 19.9 Å². The summed E-state index contributed by atoms with van der Waals surface area (Å²) in [5, 5.41) is 3.09. The molecule has 1 aliphatic carbocycles. The van der Waals surface area contributed by atoms with Crippen molar-refractivity contribution < 1.29 is 4.79 Å². The number of carbonyl (C=O) groups is 1. The minimum absolute atomic E-state index is 0.0729. The van der Waals surface area contributed by atoms with E-state index in [1.165, 1.54) is 12.8 Å². The van der Waals surface area contributed by atoms with E-state index in [2.05, 4.69) is 10.3 Å². The maximum absolute atomic E-state index is 11.9. The molecule has 2 N–H and O–H groups in total. The van der Waals surface area contributed by atoms with Gasteiger partial charge in [0.15, 0.2) is 0 Å². The van der Waals surface area contributed by atoms with Gasteiger partial charge in [-0.25, -0.2) is 0 Å². The summed E-state index contributed by atoms with van der Waals surface area (Å²) in [6.07, 6.45) is 4.76. The third-order valence-corrected chi connectivity index (χ3v) is 3.08. The Kier molecular flexibility index (Phi) is 2.80. The standard InChI is InChI=1S/C12H18N2O/c1-8-7-11(9(2)13-8)12(15)14-10-5-3-4-6-10/h7,10,13H,3-6H2,1-2H3,(H,14,15). The lowest BCUT2D eigenvalue weighted by atomic mass is 10.2. The van der Waals surface area contributed by atoms with Crippen molar-refractivity contribution in [2.24, 2.45) is 0 Å². The summed E-state index contributed by atoms with van der Waals surface area (Å²) in [4.78, 5) is 15.1. The summed E-state index contributed by atoms with van der Waals surface area (Å²) in [5.74, 6) is 0.0729. The van der Waals surface area contributed by atoms with Crippen LogP contribution in [0.5, 0.6) is 0 Å². The van der Waals surface area contributed by atoms with Gasteiger partial charge in [0.1, 0.15) is 0 Å². The first kappa shape index (κ1) is 10.3. The minimum atomic E-state index is 0.0729. The van der Waals surface area contributed by atoms with Crippen LogP contribution in [-0.2, 0) is 0 Å². The number of amides is 1. The molecule has 0 atom stereocenters. The second-order valence-electron chi connectivity index (χ2n) is 4.45. The summed E-state index contributed by atoms with van der Waals surface area (Å²) in [7, 11) is 0. The van der Waals surface area contributed by atoms with Gasteiger partial charge in [-0.15, -0.1) is 0 Å². The van der Waals surface area contributed by atoms with Crippen LogP contribution < -0.4 is 5.32 Å². The number of rotatable bonds is 2. The molecule has 0 radical (unpaired) electrons. The van der Waals surface area contributed by atoms with E-state index in [9.17, 15) is 4.79 Å². The highest BCUT2D eigenvalue weighted by molar-refractivity contribution is 5.95. The molecule has 1 saturated carbocycles. The summed E-state index contributed by atoms with van der Waals surface area (Å²) < 4.78 is 0. The van der Waals surface area contributed by atoms with E-state index in [0.29, 0.717) is 6.04 Å². The van der Waals surface area contributed by atoms with Crippen molar-refractivity contribution in [3.8, 4) is 0 Å². The molecule has 0 aliphatic heterocycles. The van der Waals surface area contributed by atoms with Crippen LogP contribution in [0.2, 0.25) is 0 Å². The first-order chi connectivity index (χ1) is 7.16. The SMILES string of the molecule is Cc1cc(C(=O)NC2CCCC2)c(C)[nH]1. The Bertz CT molecular complexity index is 362. The molecule has 0 saturated heterocycles. The molecule has 0 unspecified atom stereocenters. The number of nitrogens with one attached hydrogen (secondary N) is 2. The second kappa shape index (κ2) is 4.09. The monoisotopic (exact) mass is 206 g/mol. The molecule has 1 aromatic heterocycles. The van der Waals surface area contributed by atoms with Crippen molar-refractivity contribution >= 4 is 5.91 Å². The number of H-pyrrole nitrogens is 1. The molecular weight excluding hydrogens is 188 g/mol. The lowest BCUT2D eigenvalue weighted by Crippen LogP contribution is -2.32. The normalized spacial score (nSPS) is 16.9. The number of aromatic amines is 1. The number of hydrogen-bond acceptors (Lipinski definition) is 1. The Hall–Kier alpha value is -1.25. The van der Waals surface area contributed by atoms with Gasteiger partial charge in [0, 0.05) is 17.4 Å². The Morgan fingerprint density at radius 2 is 2.07 bits per heavy atom. The van der Waals surface area contributed by atoms with E-state index in [0.717, 1.165) is 29.8 Å². The van der Waals surface area contributed by atoms with Crippen LogP contribution in [0.3, 0.4) is 0 Å². The molecule has 0 spiro atoms. The van der Waals surface area contributed by atoms with E-state index in [-0.39, 0.29) is 5.91 Å². The third kappa shape index (κ3) is 2.22. The van der Waals surface area contributed by atoms with Gasteiger partial charge in [0.25, 0.3) is 5.91 Å². The molecule has 2 rings (SSSR count). The molecule has 1 fully saturated rings. The topological polar surface area (TPSA) is 44.9 Å². The molecule has 1 amide bonds. The molecule has 1 aromatic rings. The highest BCUT2D eigenvalue weighted by atomic mass is 16.1. The van der Waals surface area contributed by atoms with E-state index < -0.39 is 0 Å². The Labute approximate surface area is 90.3 Å². The summed E-state index contributed by atoms with van der Waals surface area (Å²) >= 11 is 0. The lowest BCUT2D eigenvalue weighted by molar-refractivity contribution is 0.0937. The first-order valence-electron chi connectivity index (χ1n) is 5.64. The Balaban J connectivity index is 2.03. The fourth-order valence-electron chi connectivity index (χ4n) is 2.29. The largest absolute Gasteiger partial charge is 0.362 e. The van der Waals surface area contributed by atoms with E-state index in [1.54, 1.807) is 0 Å².